The number of hydrogen-bond acceptors (Lipinski definition) is 2. The molecule has 0 N–H and O–H groups in total. The summed E-state index contributed by atoms with van der Waals surface area (Å²) in [6.45, 7) is 15.8. The minimum Gasteiger partial charge on any atom is -0.290 e. The summed E-state index contributed by atoms with van der Waals surface area (Å²) in [4.78, 5) is 3.98. The van der Waals surface area contributed by atoms with Crippen molar-refractivity contribution in [1.29, 1.82) is 0 Å². The monoisotopic (exact) mass is 397 g/mol. The molecular formula is C26H39NS. The first kappa shape index (κ1) is 24.4. The first-order chi connectivity index (χ1) is 12.1. The molecule has 1 aliphatic rings. The van der Waals surface area contributed by atoms with Gasteiger partial charge in [0, 0.05) is 28.2 Å². The van der Waals surface area contributed by atoms with Gasteiger partial charge in [0.05, 0.1) is 0 Å². The van der Waals surface area contributed by atoms with Crippen LogP contribution in [0.25, 0.3) is 10.1 Å². The van der Waals surface area contributed by atoms with E-state index in [2.05, 4.69) is 101 Å². The molecule has 0 radical (unpaired) electrons. The molecule has 2 aromatic carbocycles. The van der Waals surface area contributed by atoms with Crippen LogP contribution in [0.15, 0.2) is 54.6 Å². The van der Waals surface area contributed by atoms with Gasteiger partial charge >= 0.3 is 0 Å². The van der Waals surface area contributed by atoms with Gasteiger partial charge in [0.25, 0.3) is 0 Å². The van der Waals surface area contributed by atoms with E-state index < -0.39 is 0 Å². The first-order valence-corrected chi connectivity index (χ1v) is 10.3. The van der Waals surface area contributed by atoms with Crippen LogP contribution in [-0.2, 0) is 18.5 Å². The zero-order chi connectivity index (χ0) is 18.9. The smallest absolute Gasteiger partial charge is 0.0345 e. The van der Waals surface area contributed by atoms with Crippen molar-refractivity contribution >= 4 is 21.4 Å². The zero-order valence-corrected chi connectivity index (χ0v) is 17.8. The second-order valence-electron chi connectivity index (χ2n) is 9.19. The second kappa shape index (κ2) is 9.24. The van der Waals surface area contributed by atoms with Crippen molar-refractivity contribution < 1.29 is 0 Å². The minimum absolute atomic E-state index is 0. The van der Waals surface area contributed by atoms with Crippen LogP contribution in [0.3, 0.4) is 0 Å². The van der Waals surface area contributed by atoms with Gasteiger partial charge < -0.3 is 0 Å². The van der Waals surface area contributed by atoms with E-state index in [1.54, 1.807) is 0 Å². The first-order valence-electron chi connectivity index (χ1n) is 9.45. The number of nitrogens with zero attached hydrogens (tertiary/aromatic N) is 1. The number of rotatable bonds is 0. The van der Waals surface area contributed by atoms with Gasteiger partial charge in [-0.1, -0.05) is 78.1 Å². The van der Waals surface area contributed by atoms with Crippen molar-refractivity contribution in [3.05, 3.63) is 70.6 Å². The van der Waals surface area contributed by atoms with Crippen molar-refractivity contribution in [3.63, 3.8) is 0 Å². The summed E-state index contributed by atoms with van der Waals surface area (Å²) in [5.74, 6) is 0. The lowest BCUT2D eigenvalue weighted by Gasteiger charge is -2.31. The van der Waals surface area contributed by atoms with E-state index in [0.717, 1.165) is 13.1 Å². The Kier molecular flexibility index (Phi) is 8.05. The molecule has 28 heavy (non-hydrogen) atoms. The molecule has 0 bridgehead atoms. The van der Waals surface area contributed by atoms with E-state index in [-0.39, 0.29) is 20.3 Å². The number of thiophene rings is 1. The Balaban J connectivity index is 0.000000261. The fraction of sp³-hybridized carbons (Fsp3) is 0.462. The quantitative estimate of drug-likeness (QED) is 0.369. The van der Waals surface area contributed by atoms with Crippen LogP contribution in [0.4, 0.5) is 0 Å². The van der Waals surface area contributed by atoms with Crippen molar-refractivity contribution in [2.24, 2.45) is 0 Å². The van der Waals surface area contributed by atoms with Gasteiger partial charge in [-0.2, -0.15) is 0 Å². The van der Waals surface area contributed by atoms with E-state index in [0.29, 0.717) is 5.54 Å². The molecule has 4 rings (SSSR count). The maximum atomic E-state index is 2.51. The molecule has 0 unspecified atom stereocenters. The average molecular weight is 398 g/mol. The number of fused-ring (bicyclic) bond motifs is 2. The largest absolute Gasteiger partial charge is 0.290 e. The molecule has 1 nitrogen and oxygen atoms in total. The summed E-state index contributed by atoms with van der Waals surface area (Å²) >= 11 is 1.90. The van der Waals surface area contributed by atoms with Crippen molar-refractivity contribution in [1.82, 2.24) is 4.90 Å². The molecular weight excluding hydrogens is 358 g/mol. The van der Waals surface area contributed by atoms with E-state index in [9.17, 15) is 0 Å². The maximum absolute atomic E-state index is 2.51. The fourth-order valence-corrected chi connectivity index (χ4v) is 4.28. The third-order valence-corrected chi connectivity index (χ3v) is 6.50. The molecule has 3 aromatic rings. The Hall–Kier alpha value is -1.64. The SMILES string of the molecule is C.C.CC(C)(C)N1Cc2ccccc2C1.CC(C)(C)c1cc2ccccc2s1. The van der Waals surface area contributed by atoms with Gasteiger partial charge in [-0.15, -0.1) is 11.3 Å². The Bertz CT molecular complexity index is 819. The van der Waals surface area contributed by atoms with Crippen LogP contribution < -0.4 is 0 Å². The van der Waals surface area contributed by atoms with Crippen LogP contribution in [0.2, 0.25) is 0 Å². The summed E-state index contributed by atoms with van der Waals surface area (Å²) in [6.07, 6.45) is 0. The van der Waals surface area contributed by atoms with Crippen LogP contribution in [0.5, 0.6) is 0 Å². The highest BCUT2D eigenvalue weighted by atomic mass is 32.1. The predicted octanol–water partition coefficient (Wildman–Crippen LogP) is 8.27. The maximum Gasteiger partial charge on any atom is 0.0345 e. The second-order valence-corrected chi connectivity index (χ2v) is 10.3. The van der Waals surface area contributed by atoms with Crippen molar-refractivity contribution in [2.75, 3.05) is 0 Å². The van der Waals surface area contributed by atoms with Crippen molar-refractivity contribution in [2.45, 2.75) is 80.4 Å². The van der Waals surface area contributed by atoms with Gasteiger partial charge in [-0.25, -0.2) is 0 Å². The molecule has 0 saturated heterocycles. The fourth-order valence-electron chi connectivity index (χ4n) is 3.16. The Morgan fingerprint density at radius 2 is 1.25 bits per heavy atom. The van der Waals surface area contributed by atoms with Crippen LogP contribution >= 0.6 is 11.3 Å². The molecule has 2 heteroatoms. The third kappa shape index (κ3) is 5.68. The molecule has 0 amide bonds. The van der Waals surface area contributed by atoms with Crippen LogP contribution in [0.1, 0.15) is 72.4 Å². The molecule has 2 heterocycles. The molecule has 0 spiro atoms. The highest BCUT2D eigenvalue weighted by Crippen LogP contribution is 2.33. The normalized spacial score (nSPS) is 13.8. The average Bonchev–Trinajstić information content (AvgIpc) is 3.19. The topological polar surface area (TPSA) is 3.24 Å². The van der Waals surface area contributed by atoms with E-state index in [4.69, 9.17) is 0 Å². The van der Waals surface area contributed by atoms with Gasteiger partial charge in [0.15, 0.2) is 0 Å². The summed E-state index contributed by atoms with van der Waals surface area (Å²) < 4.78 is 1.40. The van der Waals surface area contributed by atoms with Gasteiger partial charge in [-0.05, 0) is 54.8 Å². The molecule has 154 valence electrons. The number of hydrogen-bond donors (Lipinski definition) is 0. The molecule has 1 aliphatic heterocycles. The van der Waals surface area contributed by atoms with E-state index in [1.165, 1.54) is 26.1 Å². The standard InChI is InChI=1S/C12H17N.C12H14S.2CH4/c1-12(2,3)13-8-10-6-4-5-7-11(10)9-13;1-12(2,3)11-8-9-6-4-5-7-10(9)13-11;;/h4-7H,8-9H2,1-3H3;4-8H,1-3H3;2*1H4. The van der Waals surface area contributed by atoms with Crippen molar-refractivity contribution in [3.8, 4) is 0 Å². The van der Waals surface area contributed by atoms with Crippen LogP contribution in [0, 0.1) is 0 Å². The Morgan fingerprint density at radius 3 is 1.71 bits per heavy atom. The summed E-state index contributed by atoms with van der Waals surface area (Å²) in [6, 6.07) is 19.6. The molecule has 0 aliphatic carbocycles. The highest BCUT2D eigenvalue weighted by molar-refractivity contribution is 7.19. The minimum atomic E-state index is 0. The third-order valence-electron chi connectivity index (χ3n) is 4.95. The Labute approximate surface area is 177 Å². The van der Waals surface area contributed by atoms with E-state index >= 15 is 0 Å². The summed E-state index contributed by atoms with van der Waals surface area (Å²) in [5, 5.41) is 1.37. The lowest BCUT2D eigenvalue weighted by molar-refractivity contribution is 0.136. The lowest BCUT2D eigenvalue weighted by atomic mass is 9.94. The van der Waals surface area contributed by atoms with Gasteiger partial charge in [0.2, 0.25) is 0 Å². The predicted molar refractivity (Wildman–Crippen MR) is 129 cm³/mol. The molecule has 0 fully saturated rings. The summed E-state index contributed by atoms with van der Waals surface area (Å²) in [5.41, 5.74) is 3.57. The lowest BCUT2D eigenvalue weighted by Crippen LogP contribution is -2.36. The van der Waals surface area contributed by atoms with Gasteiger partial charge in [-0.3, -0.25) is 4.90 Å². The molecule has 0 atom stereocenters. The van der Waals surface area contributed by atoms with Gasteiger partial charge in [0.1, 0.15) is 0 Å². The number of benzene rings is 2. The highest BCUT2D eigenvalue weighted by Gasteiger charge is 2.27. The van der Waals surface area contributed by atoms with E-state index in [1.807, 2.05) is 11.3 Å². The molecule has 0 saturated carbocycles. The summed E-state index contributed by atoms with van der Waals surface area (Å²) in [7, 11) is 0. The Morgan fingerprint density at radius 1 is 0.750 bits per heavy atom. The molecule has 1 aromatic heterocycles. The zero-order valence-electron chi connectivity index (χ0n) is 17.0. The van der Waals surface area contributed by atoms with Crippen LogP contribution in [-0.4, -0.2) is 10.4 Å².